The summed E-state index contributed by atoms with van der Waals surface area (Å²) in [6.45, 7) is 6.08. The molecule has 1 heterocycles. The molecule has 23 heavy (non-hydrogen) atoms. The Balaban J connectivity index is 2.19. The van der Waals surface area contributed by atoms with Crippen LogP contribution in [-0.4, -0.2) is 62.2 Å². The molecule has 1 saturated heterocycles. The minimum Gasteiger partial charge on any atom is -0.496 e. The molecule has 1 aromatic rings. The van der Waals surface area contributed by atoms with E-state index in [4.69, 9.17) is 9.47 Å². The second-order valence-corrected chi connectivity index (χ2v) is 5.77. The summed E-state index contributed by atoms with van der Waals surface area (Å²) in [5.41, 5.74) is 2.55. The fourth-order valence-corrected chi connectivity index (χ4v) is 2.99. The molecular formula is C17H24N2O4. The monoisotopic (exact) mass is 320 g/mol. The molecule has 0 N–H and O–H groups in total. The van der Waals surface area contributed by atoms with Crippen molar-refractivity contribution in [2.75, 3.05) is 40.4 Å². The summed E-state index contributed by atoms with van der Waals surface area (Å²) in [5.74, 6) is 0.565. The summed E-state index contributed by atoms with van der Waals surface area (Å²) in [4.78, 5) is 27.9. The summed E-state index contributed by atoms with van der Waals surface area (Å²) >= 11 is 0. The third kappa shape index (κ3) is 3.75. The van der Waals surface area contributed by atoms with E-state index in [1.807, 2.05) is 26.0 Å². The third-order valence-corrected chi connectivity index (χ3v) is 4.07. The molecule has 1 aromatic carbocycles. The number of hydrogen-bond donors (Lipinski definition) is 0. The zero-order valence-electron chi connectivity index (χ0n) is 14.2. The number of methoxy groups -OCH3 is 2. The Morgan fingerprint density at radius 3 is 2.30 bits per heavy atom. The van der Waals surface area contributed by atoms with Crippen molar-refractivity contribution in [2.45, 2.75) is 20.3 Å². The van der Waals surface area contributed by atoms with Gasteiger partial charge < -0.3 is 19.3 Å². The predicted molar refractivity (Wildman–Crippen MR) is 87.0 cm³/mol. The molecule has 6 nitrogen and oxygen atoms in total. The fraction of sp³-hybridized carbons (Fsp3) is 0.529. The van der Waals surface area contributed by atoms with Gasteiger partial charge in [-0.15, -0.1) is 0 Å². The van der Waals surface area contributed by atoms with Crippen LogP contribution < -0.4 is 4.74 Å². The van der Waals surface area contributed by atoms with E-state index in [1.165, 1.54) is 7.11 Å². The molecule has 0 aromatic heterocycles. The van der Waals surface area contributed by atoms with Crippen molar-refractivity contribution in [1.82, 2.24) is 9.80 Å². The van der Waals surface area contributed by atoms with Gasteiger partial charge in [-0.3, -0.25) is 4.79 Å². The van der Waals surface area contributed by atoms with Gasteiger partial charge in [-0.1, -0.05) is 6.07 Å². The highest BCUT2D eigenvalue weighted by molar-refractivity contribution is 5.97. The molecule has 0 saturated carbocycles. The average molecular weight is 320 g/mol. The van der Waals surface area contributed by atoms with E-state index < -0.39 is 0 Å². The lowest BCUT2D eigenvalue weighted by atomic mass is 10.0. The molecule has 1 aliphatic rings. The number of ether oxygens (including phenoxy) is 2. The molecule has 2 amide bonds. The van der Waals surface area contributed by atoms with Crippen molar-refractivity contribution in [3.05, 3.63) is 28.8 Å². The molecule has 0 bridgehead atoms. The zero-order chi connectivity index (χ0) is 17.0. The molecule has 1 aliphatic heterocycles. The number of amides is 2. The average Bonchev–Trinajstić information content (AvgIpc) is 2.78. The highest BCUT2D eigenvalue weighted by Gasteiger charge is 2.25. The first-order valence-electron chi connectivity index (χ1n) is 7.75. The molecule has 6 heteroatoms. The molecular weight excluding hydrogens is 296 g/mol. The molecule has 0 unspecified atom stereocenters. The molecule has 0 spiro atoms. The van der Waals surface area contributed by atoms with Crippen molar-refractivity contribution < 1.29 is 19.1 Å². The van der Waals surface area contributed by atoms with Gasteiger partial charge in [0, 0.05) is 26.2 Å². The maximum Gasteiger partial charge on any atom is 0.409 e. The predicted octanol–water partition coefficient (Wildman–Crippen LogP) is 2.23. The Hall–Kier alpha value is -2.24. The van der Waals surface area contributed by atoms with Gasteiger partial charge in [-0.05, 0) is 37.5 Å². The van der Waals surface area contributed by atoms with Crippen LogP contribution >= 0.6 is 0 Å². The first-order valence-corrected chi connectivity index (χ1v) is 7.75. The minimum absolute atomic E-state index is 0.0552. The smallest absolute Gasteiger partial charge is 0.409 e. The van der Waals surface area contributed by atoms with Crippen LogP contribution in [0.5, 0.6) is 5.75 Å². The summed E-state index contributed by atoms with van der Waals surface area (Å²) in [5, 5.41) is 0. The van der Waals surface area contributed by atoms with Gasteiger partial charge in [0.1, 0.15) is 5.75 Å². The van der Waals surface area contributed by atoms with Crippen LogP contribution in [0, 0.1) is 13.8 Å². The molecule has 0 radical (unpaired) electrons. The topological polar surface area (TPSA) is 59.1 Å². The van der Waals surface area contributed by atoms with E-state index >= 15 is 0 Å². The van der Waals surface area contributed by atoms with Gasteiger partial charge >= 0.3 is 6.09 Å². The quantitative estimate of drug-likeness (QED) is 0.838. The van der Waals surface area contributed by atoms with Gasteiger partial charge in [0.2, 0.25) is 0 Å². The maximum atomic E-state index is 12.9. The largest absolute Gasteiger partial charge is 0.496 e. The Labute approximate surface area is 137 Å². The zero-order valence-corrected chi connectivity index (χ0v) is 14.2. The Kier molecular flexibility index (Phi) is 5.47. The van der Waals surface area contributed by atoms with Crippen molar-refractivity contribution >= 4 is 12.0 Å². The van der Waals surface area contributed by atoms with Crippen LogP contribution in [0.25, 0.3) is 0 Å². The maximum absolute atomic E-state index is 12.9. The number of aryl methyl sites for hydroxylation is 2. The molecule has 0 aliphatic carbocycles. The van der Waals surface area contributed by atoms with E-state index in [-0.39, 0.29) is 12.0 Å². The van der Waals surface area contributed by atoms with Crippen molar-refractivity contribution in [3.63, 3.8) is 0 Å². The lowest BCUT2D eigenvalue weighted by Gasteiger charge is -2.23. The number of hydrogen-bond acceptors (Lipinski definition) is 4. The first-order chi connectivity index (χ1) is 11.0. The van der Waals surface area contributed by atoms with Crippen LogP contribution in [-0.2, 0) is 4.74 Å². The van der Waals surface area contributed by atoms with Gasteiger partial charge in [-0.2, -0.15) is 0 Å². The lowest BCUT2D eigenvalue weighted by molar-refractivity contribution is 0.0753. The first kappa shape index (κ1) is 17.1. The highest BCUT2D eigenvalue weighted by Crippen LogP contribution is 2.26. The summed E-state index contributed by atoms with van der Waals surface area (Å²) in [7, 11) is 2.95. The summed E-state index contributed by atoms with van der Waals surface area (Å²) < 4.78 is 10.2. The third-order valence-electron chi connectivity index (χ3n) is 4.07. The molecule has 126 valence electrons. The van der Waals surface area contributed by atoms with Gasteiger partial charge in [-0.25, -0.2) is 4.79 Å². The standard InChI is InChI=1S/C17H24N2O4/c1-12-10-13(2)15(22-3)14(11-12)16(20)18-6-5-7-19(9-8-18)17(21)23-4/h10-11H,5-9H2,1-4H3. The van der Waals surface area contributed by atoms with E-state index in [9.17, 15) is 9.59 Å². The van der Waals surface area contributed by atoms with E-state index in [0.717, 1.165) is 17.5 Å². The summed E-state index contributed by atoms with van der Waals surface area (Å²) in [6, 6.07) is 3.86. The normalized spacial score (nSPS) is 15.1. The van der Waals surface area contributed by atoms with Crippen molar-refractivity contribution in [2.24, 2.45) is 0 Å². The van der Waals surface area contributed by atoms with Gasteiger partial charge in [0.25, 0.3) is 5.91 Å². The number of rotatable bonds is 2. The van der Waals surface area contributed by atoms with E-state index in [2.05, 4.69) is 0 Å². The molecule has 1 fully saturated rings. The Morgan fingerprint density at radius 1 is 1.00 bits per heavy atom. The lowest BCUT2D eigenvalue weighted by Crippen LogP contribution is -2.37. The van der Waals surface area contributed by atoms with E-state index in [1.54, 1.807) is 16.9 Å². The van der Waals surface area contributed by atoms with Crippen molar-refractivity contribution in [3.8, 4) is 5.75 Å². The van der Waals surface area contributed by atoms with Gasteiger partial charge in [0.05, 0.1) is 19.8 Å². The van der Waals surface area contributed by atoms with Crippen LogP contribution in [0.1, 0.15) is 27.9 Å². The van der Waals surface area contributed by atoms with Crippen LogP contribution in [0.15, 0.2) is 12.1 Å². The van der Waals surface area contributed by atoms with E-state index in [0.29, 0.717) is 37.5 Å². The van der Waals surface area contributed by atoms with Crippen molar-refractivity contribution in [1.29, 1.82) is 0 Å². The number of carbonyl (C=O) groups is 2. The fourth-order valence-electron chi connectivity index (χ4n) is 2.99. The summed E-state index contributed by atoms with van der Waals surface area (Å²) in [6.07, 6.45) is 0.386. The SMILES string of the molecule is COC(=O)N1CCCN(C(=O)c2cc(C)cc(C)c2OC)CC1. The number of carbonyl (C=O) groups excluding carboxylic acids is 2. The highest BCUT2D eigenvalue weighted by atomic mass is 16.5. The minimum atomic E-state index is -0.344. The second kappa shape index (κ2) is 7.35. The Bertz CT molecular complexity index is 601. The molecule has 2 rings (SSSR count). The number of nitrogens with zero attached hydrogens (tertiary/aromatic N) is 2. The van der Waals surface area contributed by atoms with Crippen LogP contribution in [0.4, 0.5) is 4.79 Å². The molecule has 0 atom stereocenters. The van der Waals surface area contributed by atoms with Crippen LogP contribution in [0.2, 0.25) is 0 Å². The Morgan fingerprint density at radius 2 is 1.65 bits per heavy atom. The number of benzene rings is 1. The van der Waals surface area contributed by atoms with Gasteiger partial charge in [0.15, 0.2) is 0 Å². The second-order valence-electron chi connectivity index (χ2n) is 5.77. The van der Waals surface area contributed by atoms with Crippen LogP contribution in [0.3, 0.4) is 0 Å².